The van der Waals surface area contributed by atoms with E-state index in [-0.39, 0.29) is 0 Å². The Balaban J connectivity index is 2.05. The van der Waals surface area contributed by atoms with Crippen LogP contribution in [0.2, 0.25) is 0 Å². The summed E-state index contributed by atoms with van der Waals surface area (Å²) >= 11 is 1.76. The first-order valence-corrected chi connectivity index (χ1v) is 8.05. The molecular formula is C10H16N2O2S2. The van der Waals surface area contributed by atoms with E-state index in [1.807, 2.05) is 18.2 Å². The Labute approximate surface area is 101 Å². The molecule has 16 heavy (non-hydrogen) atoms. The van der Waals surface area contributed by atoms with Crippen LogP contribution in [0.15, 0.2) is 24.4 Å². The molecule has 1 aromatic heterocycles. The fourth-order valence-corrected chi connectivity index (χ4v) is 2.48. The number of pyridine rings is 1. The Kier molecular flexibility index (Phi) is 5.79. The van der Waals surface area contributed by atoms with Gasteiger partial charge in [0.15, 0.2) is 0 Å². The number of hydrogen-bond acceptors (Lipinski definition) is 4. The monoisotopic (exact) mass is 260 g/mol. The lowest BCUT2D eigenvalue weighted by Crippen LogP contribution is -2.23. The molecule has 1 N–H and O–H groups in total. The minimum atomic E-state index is -3.04. The third kappa shape index (κ3) is 6.81. The minimum absolute atomic E-state index is 0.508. The van der Waals surface area contributed by atoms with Crippen molar-refractivity contribution in [2.24, 2.45) is 0 Å². The van der Waals surface area contributed by atoms with E-state index in [2.05, 4.69) is 9.71 Å². The number of rotatable bonds is 7. The summed E-state index contributed by atoms with van der Waals surface area (Å²) in [5.74, 6) is 1.80. The van der Waals surface area contributed by atoms with Crippen LogP contribution < -0.4 is 4.72 Å². The van der Waals surface area contributed by atoms with Gasteiger partial charge in [-0.15, -0.1) is 0 Å². The zero-order chi connectivity index (χ0) is 11.9. The number of thioether (sulfide) groups is 1. The fourth-order valence-electron chi connectivity index (χ4n) is 1.09. The summed E-state index contributed by atoms with van der Waals surface area (Å²) in [6.45, 7) is 0.508. The van der Waals surface area contributed by atoms with Gasteiger partial charge in [-0.2, -0.15) is 11.8 Å². The van der Waals surface area contributed by atoms with Crippen molar-refractivity contribution < 1.29 is 8.42 Å². The van der Waals surface area contributed by atoms with Gasteiger partial charge in [0.25, 0.3) is 0 Å². The summed E-state index contributed by atoms with van der Waals surface area (Å²) in [7, 11) is -3.04. The third-order valence-corrected chi connectivity index (χ3v) is 3.61. The van der Waals surface area contributed by atoms with Crippen molar-refractivity contribution in [3.8, 4) is 0 Å². The second kappa shape index (κ2) is 6.88. The summed E-state index contributed by atoms with van der Waals surface area (Å²) in [4.78, 5) is 4.20. The lowest BCUT2D eigenvalue weighted by molar-refractivity contribution is 0.587. The quantitative estimate of drug-likeness (QED) is 0.750. The molecule has 0 radical (unpaired) electrons. The van der Waals surface area contributed by atoms with Crippen LogP contribution in [0.4, 0.5) is 0 Å². The number of nitrogens with zero attached hydrogens (tertiary/aromatic N) is 1. The van der Waals surface area contributed by atoms with Gasteiger partial charge in [-0.1, -0.05) is 6.07 Å². The van der Waals surface area contributed by atoms with Crippen molar-refractivity contribution in [3.05, 3.63) is 30.1 Å². The van der Waals surface area contributed by atoms with Crippen LogP contribution in [0.5, 0.6) is 0 Å². The summed E-state index contributed by atoms with van der Waals surface area (Å²) in [5, 5.41) is 0. The first-order valence-electron chi connectivity index (χ1n) is 5.00. The maximum absolute atomic E-state index is 10.8. The van der Waals surface area contributed by atoms with Crippen molar-refractivity contribution in [2.45, 2.75) is 12.2 Å². The highest BCUT2D eigenvalue weighted by Gasteiger charge is 1.99. The number of hydrogen-bond donors (Lipinski definition) is 1. The Morgan fingerprint density at radius 1 is 1.44 bits per heavy atom. The first kappa shape index (κ1) is 13.5. The molecule has 1 aromatic rings. The number of sulfonamides is 1. The Morgan fingerprint density at radius 2 is 2.25 bits per heavy atom. The van der Waals surface area contributed by atoms with Crippen molar-refractivity contribution in [3.63, 3.8) is 0 Å². The summed E-state index contributed by atoms with van der Waals surface area (Å²) < 4.78 is 24.0. The summed E-state index contributed by atoms with van der Waals surface area (Å²) in [6.07, 6.45) is 3.79. The van der Waals surface area contributed by atoms with Gasteiger partial charge in [0.2, 0.25) is 10.0 Å². The van der Waals surface area contributed by atoms with E-state index in [0.717, 1.165) is 23.6 Å². The molecule has 90 valence electrons. The molecule has 0 aliphatic heterocycles. The molecule has 0 spiro atoms. The van der Waals surface area contributed by atoms with E-state index in [0.29, 0.717) is 6.54 Å². The molecular weight excluding hydrogens is 244 g/mol. The highest BCUT2D eigenvalue weighted by atomic mass is 32.2. The second-order valence-corrected chi connectivity index (χ2v) is 6.33. The zero-order valence-corrected chi connectivity index (χ0v) is 10.9. The lowest BCUT2D eigenvalue weighted by atomic mass is 10.4. The van der Waals surface area contributed by atoms with E-state index in [4.69, 9.17) is 0 Å². The number of nitrogens with one attached hydrogen (secondary N) is 1. The third-order valence-electron chi connectivity index (χ3n) is 1.81. The Morgan fingerprint density at radius 3 is 2.88 bits per heavy atom. The maximum atomic E-state index is 10.8. The minimum Gasteiger partial charge on any atom is -0.260 e. The van der Waals surface area contributed by atoms with Crippen molar-refractivity contribution in [1.82, 2.24) is 9.71 Å². The lowest BCUT2D eigenvalue weighted by Gasteiger charge is -2.02. The predicted octanol–water partition coefficient (Wildman–Crippen LogP) is 1.25. The summed E-state index contributed by atoms with van der Waals surface area (Å²) in [6, 6.07) is 5.85. The topological polar surface area (TPSA) is 59.1 Å². The van der Waals surface area contributed by atoms with Gasteiger partial charge in [-0.25, -0.2) is 13.1 Å². The maximum Gasteiger partial charge on any atom is 0.208 e. The summed E-state index contributed by atoms with van der Waals surface area (Å²) in [5.41, 5.74) is 1.06. The first-order chi connectivity index (χ1) is 7.58. The Hall–Kier alpha value is -0.590. The molecule has 4 nitrogen and oxygen atoms in total. The standard InChI is InChI=1S/C10H16N2O2S2/c1-16(13,14)12-7-4-8-15-9-10-5-2-3-6-11-10/h2-3,5-6,12H,4,7-9H2,1H3. The predicted molar refractivity (Wildman–Crippen MR) is 67.9 cm³/mol. The van der Waals surface area contributed by atoms with E-state index in [1.54, 1.807) is 18.0 Å². The van der Waals surface area contributed by atoms with Crippen molar-refractivity contribution in [1.29, 1.82) is 0 Å². The molecule has 1 rings (SSSR count). The molecule has 0 atom stereocenters. The molecule has 0 saturated heterocycles. The van der Waals surface area contributed by atoms with Gasteiger partial charge in [0.05, 0.1) is 11.9 Å². The molecule has 1 heterocycles. The van der Waals surface area contributed by atoms with Gasteiger partial charge < -0.3 is 0 Å². The van der Waals surface area contributed by atoms with Crippen LogP contribution >= 0.6 is 11.8 Å². The van der Waals surface area contributed by atoms with Gasteiger partial charge in [-0.05, 0) is 24.3 Å². The van der Waals surface area contributed by atoms with Gasteiger partial charge in [0, 0.05) is 18.5 Å². The normalized spacial score (nSPS) is 11.6. The zero-order valence-electron chi connectivity index (χ0n) is 9.22. The molecule has 0 bridgehead atoms. The molecule has 6 heteroatoms. The smallest absolute Gasteiger partial charge is 0.208 e. The van der Waals surface area contributed by atoms with Crippen LogP contribution in [0.3, 0.4) is 0 Å². The average molecular weight is 260 g/mol. The molecule has 0 saturated carbocycles. The van der Waals surface area contributed by atoms with Crippen LogP contribution in [-0.2, 0) is 15.8 Å². The van der Waals surface area contributed by atoms with Crippen LogP contribution in [0.25, 0.3) is 0 Å². The van der Waals surface area contributed by atoms with Crippen LogP contribution in [0.1, 0.15) is 12.1 Å². The van der Waals surface area contributed by atoms with Gasteiger partial charge >= 0.3 is 0 Å². The highest BCUT2D eigenvalue weighted by molar-refractivity contribution is 7.98. The molecule has 0 amide bonds. The van der Waals surface area contributed by atoms with Gasteiger partial charge in [0.1, 0.15) is 0 Å². The second-order valence-electron chi connectivity index (χ2n) is 3.39. The van der Waals surface area contributed by atoms with E-state index in [9.17, 15) is 8.42 Å². The van der Waals surface area contributed by atoms with Crippen LogP contribution in [-0.4, -0.2) is 32.0 Å². The average Bonchev–Trinajstić information content (AvgIpc) is 2.23. The van der Waals surface area contributed by atoms with E-state index in [1.165, 1.54) is 6.26 Å². The molecule has 0 aromatic carbocycles. The van der Waals surface area contributed by atoms with Gasteiger partial charge in [-0.3, -0.25) is 4.98 Å². The molecule has 0 aliphatic carbocycles. The van der Waals surface area contributed by atoms with E-state index < -0.39 is 10.0 Å². The molecule has 0 aliphatic rings. The molecule has 0 fully saturated rings. The molecule has 0 unspecified atom stereocenters. The largest absolute Gasteiger partial charge is 0.260 e. The fraction of sp³-hybridized carbons (Fsp3) is 0.500. The van der Waals surface area contributed by atoms with E-state index >= 15 is 0 Å². The Bertz CT molecular complexity index is 393. The highest BCUT2D eigenvalue weighted by Crippen LogP contribution is 2.09. The van der Waals surface area contributed by atoms with Crippen LogP contribution in [0, 0.1) is 0 Å². The SMILES string of the molecule is CS(=O)(=O)NCCCSCc1ccccn1. The van der Waals surface area contributed by atoms with Crippen molar-refractivity contribution in [2.75, 3.05) is 18.6 Å². The van der Waals surface area contributed by atoms with Crippen molar-refractivity contribution >= 4 is 21.8 Å². The number of aromatic nitrogens is 1.